The van der Waals surface area contributed by atoms with E-state index in [0.29, 0.717) is 12.5 Å². The van der Waals surface area contributed by atoms with Crippen molar-refractivity contribution in [1.82, 2.24) is 25.5 Å². The van der Waals surface area contributed by atoms with Crippen molar-refractivity contribution < 1.29 is 9.53 Å². The number of tetrazole rings is 1. The highest BCUT2D eigenvalue weighted by molar-refractivity contribution is 5.90. The Morgan fingerprint density at radius 2 is 2.00 bits per heavy atom. The largest absolute Gasteiger partial charge is 0.497 e. The number of hydrogen-bond acceptors (Lipinski definition) is 5. The summed E-state index contributed by atoms with van der Waals surface area (Å²) < 4.78 is 5.11. The van der Waals surface area contributed by atoms with Crippen LogP contribution < -0.4 is 10.1 Å². The number of amides is 1. The van der Waals surface area contributed by atoms with Gasteiger partial charge >= 0.3 is 0 Å². The second-order valence-electron chi connectivity index (χ2n) is 5.81. The summed E-state index contributed by atoms with van der Waals surface area (Å²) in [5, 5.41) is 14.8. The van der Waals surface area contributed by atoms with Gasteiger partial charge in [0.15, 0.2) is 0 Å². The Kier molecular flexibility index (Phi) is 4.85. The normalized spacial score (nSPS) is 15.3. The van der Waals surface area contributed by atoms with Gasteiger partial charge in [-0.05, 0) is 48.2 Å². The van der Waals surface area contributed by atoms with Gasteiger partial charge in [-0.1, -0.05) is 19.3 Å². The number of carbonyl (C=O) groups excluding carboxylic acids is 1. The highest BCUT2D eigenvalue weighted by atomic mass is 16.5. The number of nitrogens with one attached hydrogen (secondary N) is 1. The number of benzene rings is 1. The monoisotopic (exact) mass is 315 g/mol. The number of rotatable bonds is 5. The third-order valence-electron chi connectivity index (χ3n) is 4.20. The van der Waals surface area contributed by atoms with Gasteiger partial charge in [-0.2, -0.15) is 0 Å². The molecule has 1 heterocycles. The van der Waals surface area contributed by atoms with Crippen LogP contribution >= 0.6 is 0 Å². The lowest BCUT2D eigenvalue weighted by Gasteiger charge is -2.21. The average molecular weight is 315 g/mol. The van der Waals surface area contributed by atoms with Crippen molar-refractivity contribution in [2.45, 2.75) is 32.1 Å². The molecule has 2 aromatic rings. The maximum Gasteiger partial charge on any atom is 0.292 e. The summed E-state index contributed by atoms with van der Waals surface area (Å²) in [6.45, 7) is 0.690. The van der Waals surface area contributed by atoms with Crippen molar-refractivity contribution in [2.75, 3.05) is 13.7 Å². The molecule has 1 amide bonds. The number of carbonyl (C=O) groups is 1. The van der Waals surface area contributed by atoms with Gasteiger partial charge in [0.05, 0.1) is 12.8 Å². The van der Waals surface area contributed by atoms with Gasteiger partial charge in [0.25, 0.3) is 11.7 Å². The molecular weight excluding hydrogens is 294 g/mol. The third-order valence-corrected chi connectivity index (χ3v) is 4.20. The lowest BCUT2D eigenvalue weighted by atomic mass is 9.89. The van der Waals surface area contributed by atoms with Gasteiger partial charge in [-0.3, -0.25) is 4.79 Å². The molecule has 0 saturated heterocycles. The third kappa shape index (κ3) is 3.85. The van der Waals surface area contributed by atoms with Crippen LogP contribution in [0.25, 0.3) is 5.69 Å². The van der Waals surface area contributed by atoms with Crippen LogP contribution in [0, 0.1) is 5.92 Å². The Balaban J connectivity index is 1.60. The number of methoxy groups -OCH3 is 1. The Bertz CT molecular complexity index is 647. The summed E-state index contributed by atoms with van der Waals surface area (Å²) in [6.07, 6.45) is 6.19. The van der Waals surface area contributed by atoms with E-state index in [-0.39, 0.29) is 11.7 Å². The molecule has 1 saturated carbocycles. The fourth-order valence-electron chi connectivity index (χ4n) is 2.84. The molecule has 23 heavy (non-hydrogen) atoms. The SMILES string of the molecule is COc1ccc(-n2nnc(C(=O)NCC3CCCCC3)n2)cc1. The van der Waals surface area contributed by atoms with Crippen LogP contribution in [0.4, 0.5) is 0 Å². The molecule has 3 rings (SSSR count). The second kappa shape index (κ2) is 7.21. The molecule has 0 atom stereocenters. The Hall–Kier alpha value is -2.44. The molecule has 1 aromatic heterocycles. The molecule has 0 spiro atoms. The summed E-state index contributed by atoms with van der Waals surface area (Å²) in [5.74, 6) is 1.15. The Morgan fingerprint density at radius 3 is 2.70 bits per heavy atom. The van der Waals surface area contributed by atoms with E-state index in [4.69, 9.17) is 4.74 Å². The fourth-order valence-corrected chi connectivity index (χ4v) is 2.84. The topological polar surface area (TPSA) is 81.9 Å². The number of aromatic nitrogens is 4. The van der Waals surface area contributed by atoms with Gasteiger partial charge in [-0.15, -0.1) is 15.0 Å². The average Bonchev–Trinajstić information content (AvgIpc) is 3.11. The van der Waals surface area contributed by atoms with Crippen molar-refractivity contribution in [3.05, 3.63) is 30.1 Å². The van der Waals surface area contributed by atoms with Crippen LogP contribution in [-0.2, 0) is 0 Å². The van der Waals surface area contributed by atoms with Gasteiger partial charge in [0.2, 0.25) is 0 Å². The van der Waals surface area contributed by atoms with Gasteiger partial charge in [0, 0.05) is 6.54 Å². The Morgan fingerprint density at radius 1 is 1.26 bits per heavy atom. The van der Waals surface area contributed by atoms with Crippen LogP contribution in [0.3, 0.4) is 0 Å². The standard InChI is InChI=1S/C16H21N5O2/c1-23-14-9-7-13(8-10-14)21-19-15(18-20-21)16(22)17-11-12-5-3-2-4-6-12/h7-10,12H,2-6,11H2,1H3,(H,17,22). The van der Waals surface area contributed by atoms with Crippen LogP contribution in [0.1, 0.15) is 42.7 Å². The summed E-state index contributed by atoms with van der Waals surface area (Å²) >= 11 is 0. The maximum absolute atomic E-state index is 12.1. The summed E-state index contributed by atoms with van der Waals surface area (Å²) in [7, 11) is 1.61. The molecule has 0 unspecified atom stereocenters. The van der Waals surface area contributed by atoms with Crippen LogP contribution in [0.2, 0.25) is 0 Å². The van der Waals surface area contributed by atoms with E-state index in [9.17, 15) is 4.79 Å². The van der Waals surface area contributed by atoms with E-state index in [1.54, 1.807) is 7.11 Å². The zero-order valence-corrected chi connectivity index (χ0v) is 13.2. The van der Waals surface area contributed by atoms with E-state index in [0.717, 1.165) is 11.4 Å². The van der Waals surface area contributed by atoms with Gasteiger partial charge in [0.1, 0.15) is 5.75 Å². The first-order chi connectivity index (χ1) is 11.3. The predicted octanol–water partition coefficient (Wildman–Crippen LogP) is 1.98. The Labute approximate surface area is 135 Å². The molecule has 1 N–H and O–H groups in total. The molecule has 7 heteroatoms. The molecule has 0 aliphatic heterocycles. The van der Waals surface area contributed by atoms with Gasteiger partial charge in [-0.25, -0.2) is 0 Å². The van der Waals surface area contributed by atoms with E-state index in [1.165, 1.54) is 36.9 Å². The van der Waals surface area contributed by atoms with Crippen LogP contribution in [0.15, 0.2) is 24.3 Å². The zero-order chi connectivity index (χ0) is 16.1. The highest BCUT2D eigenvalue weighted by Gasteiger charge is 2.17. The number of nitrogens with zero attached hydrogens (tertiary/aromatic N) is 4. The minimum absolute atomic E-state index is 0.0941. The summed E-state index contributed by atoms with van der Waals surface area (Å²) in [6, 6.07) is 7.23. The molecule has 1 aromatic carbocycles. The lowest BCUT2D eigenvalue weighted by Crippen LogP contribution is -2.31. The molecule has 1 aliphatic rings. The minimum atomic E-state index is -0.268. The first-order valence-electron chi connectivity index (χ1n) is 7.99. The zero-order valence-electron chi connectivity index (χ0n) is 13.2. The molecule has 0 radical (unpaired) electrons. The van der Waals surface area contributed by atoms with Crippen molar-refractivity contribution in [3.8, 4) is 11.4 Å². The quantitative estimate of drug-likeness (QED) is 0.912. The summed E-state index contributed by atoms with van der Waals surface area (Å²) in [5.41, 5.74) is 0.727. The van der Waals surface area contributed by atoms with Crippen LogP contribution in [-0.4, -0.2) is 39.8 Å². The van der Waals surface area contributed by atoms with E-state index >= 15 is 0 Å². The number of ether oxygens (including phenoxy) is 1. The molecule has 7 nitrogen and oxygen atoms in total. The van der Waals surface area contributed by atoms with Crippen molar-refractivity contribution in [1.29, 1.82) is 0 Å². The number of hydrogen-bond donors (Lipinski definition) is 1. The molecule has 122 valence electrons. The summed E-state index contributed by atoms with van der Waals surface area (Å²) in [4.78, 5) is 13.5. The van der Waals surface area contributed by atoms with Crippen molar-refractivity contribution in [2.24, 2.45) is 5.92 Å². The lowest BCUT2D eigenvalue weighted by molar-refractivity contribution is 0.0933. The van der Waals surface area contributed by atoms with E-state index in [1.807, 2.05) is 24.3 Å². The minimum Gasteiger partial charge on any atom is -0.497 e. The van der Waals surface area contributed by atoms with Crippen molar-refractivity contribution in [3.63, 3.8) is 0 Å². The molecule has 1 aliphatic carbocycles. The van der Waals surface area contributed by atoms with Crippen LogP contribution in [0.5, 0.6) is 5.75 Å². The molecule has 0 bridgehead atoms. The van der Waals surface area contributed by atoms with E-state index in [2.05, 4.69) is 20.7 Å². The van der Waals surface area contributed by atoms with Gasteiger partial charge < -0.3 is 10.1 Å². The van der Waals surface area contributed by atoms with Crippen molar-refractivity contribution >= 4 is 5.91 Å². The fraction of sp³-hybridized carbons (Fsp3) is 0.500. The maximum atomic E-state index is 12.1. The molecule has 1 fully saturated rings. The molecular formula is C16H21N5O2. The highest BCUT2D eigenvalue weighted by Crippen LogP contribution is 2.22. The second-order valence-corrected chi connectivity index (χ2v) is 5.81. The van der Waals surface area contributed by atoms with E-state index < -0.39 is 0 Å². The predicted molar refractivity (Wildman–Crippen MR) is 84.6 cm³/mol. The first kappa shape index (κ1) is 15.5. The smallest absolute Gasteiger partial charge is 0.292 e. The first-order valence-corrected chi connectivity index (χ1v) is 7.99.